The van der Waals surface area contributed by atoms with Gasteiger partial charge in [0, 0.05) is 11.0 Å². The van der Waals surface area contributed by atoms with Gasteiger partial charge in [0.2, 0.25) is 0 Å². The van der Waals surface area contributed by atoms with Gasteiger partial charge in [0.05, 0.1) is 8.95 Å². The van der Waals surface area contributed by atoms with Crippen molar-refractivity contribution in [1.82, 2.24) is 0 Å². The zero-order chi connectivity index (χ0) is 14.9. The fourth-order valence-corrected chi connectivity index (χ4v) is 3.30. The van der Waals surface area contributed by atoms with Crippen LogP contribution >= 0.6 is 47.8 Å². The van der Waals surface area contributed by atoms with Gasteiger partial charge in [0.15, 0.2) is 0 Å². The largest absolute Gasteiger partial charge is 0.506 e. The maximum absolute atomic E-state index is 13.6. The molecule has 0 bridgehead atoms. The molecule has 0 saturated heterocycles. The van der Waals surface area contributed by atoms with Gasteiger partial charge in [-0.2, -0.15) is 0 Å². The maximum Gasteiger partial charge on any atom is 0.150 e. The Hall–Kier alpha value is -0.660. The molecule has 0 unspecified atom stereocenters. The highest BCUT2D eigenvalue weighted by atomic mass is 79.9. The number of benzene rings is 2. The smallest absolute Gasteiger partial charge is 0.150 e. The van der Waals surface area contributed by atoms with E-state index in [1.807, 2.05) is 0 Å². The van der Waals surface area contributed by atoms with E-state index in [1.54, 1.807) is 12.1 Å². The number of hydrogen-bond donors (Lipinski definition) is 2. The summed E-state index contributed by atoms with van der Waals surface area (Å²) in [4.78, 5) is 0. The van der Waals surface area contributed by atoms with Crippen molar-refractivity contribution < 1.29 is 13.9 Å². The number of aromatic hydroxyl groups is 1. The number of phenolic OH excluding ortho intramolecular Hbond substituents is 1. The van der Waals surface area contributed by atoms with Crippen LogP contribution in [0.2, 0.25) is 0 Å². The van der Waals surface area contributed by atoms with Crippen LogP contribution in [-0.4, -0.2) is 5.11 Å². The number of rotatable bonds is 3. The second-order valence-corrected chi connectivity index (χ2v) is 6.63. The standard InChI is InChI=1S/C13H8Br3F2NO/c14-7-3-10(17)12(11(18)4-7)19-5-6-1-8(15)13(20)9(16)2-6/h1-4,19-20H,5H2. The molecule has 106 valence electrons. The summed E-state index contributed by atoms with van der Waals surface area (Å²) in [5.41, 5.74) is 0.566. The van der Waals surface area contributed by atoms with Crippen LogP contribution in [0, 0.1) is 11.6 Å². The van der Waals surface area contributed by atoms with E-state index >= 15 is 0 Å². The van der Waals surface area contributed by atoms with E-state index in [2.05, 4.69) is 53.1 Å². The van der Waals surface area contributed by atoms with Crippen molar-refractivity contribution >= 4 is 53.5 Å². The van der Waals surface area contributed by atoms with Gasteiger partial charge in [-0.15, -0.1) is 0 Å². The zero-order valence-corrected chi connectivity index (χ0v) is 14.6. The van der Waals surface area contributed by atoms with Crippen molar-refractivity contribution in [3.63, 3.8) is 0 Å². The Labute approximate surface area is 139 Å². The molecule has 7 heteroatoms. The fraction of sp³-hybridized carbons (Fsp3) is 0.0769. The Morgan fingerprint density at radius 1 is 0.950 bits per heavy atom. The zero-order valence-electron chi connectivity index (χ0n) is 9.85. The minimum atomic E-state index is -0.672. The summed E-state index contributed by atoms with van der Waals surface area (Å²) in [5.74, 6) is -1.27. The molecule has 0 aromatic heterocycles. The van der Waals surface area contributed by atoms with Crippen LogP contribution in [0.5, 0.6) is 5.75 Å². The average Bonchev–Trinajstić information content (AvgIpc) is 2.34. The molecule has 0 fully saturated rings. The molecule has 0 saturated carbocycles. The van der Waals surface area contributed by atoms with Gasteiger partial charge in [0.1, 0.15) is 23.1 Å². The highest BCUT2D eigenvalue weighted by Crippen LogP contribution is 2.33. The second kappa shape index (κ2) is 6.41. The monoisotopic (exact) mass is 469 g/mol. The maximum atomic E-state index is 13.6. The molecule has 2 rings (SSSR count). The van der Waals surface area contributed by atoms with Crippen molar-refractivity contribution in [2.75, 3.05) is 5.32 Å². The van der Waals surface area contributed by atoms with Crippen LogP contribution in [-0.2, 0) is 6.54 Å². The number of anilines is 1. The Bertz CT molecular complexity index is 618. The third kappa shape index (κ3) is 3.51. The SMILES string of the molecule is Oc1c(Br)cc(CNc2c(F)cc(Br)cc2F)cc1Br. The lowest BCUT2D eigenvalue weighted by atomic mass is 10.2. The molecular weight excluding hydrogens is 464 g/mol. The Balaban J connectivity index is 2.21. The normalized spacial score (nSPS) is 10.7. The molecule has 2 aromatic rings. The molecule has 0 aliphatic rings. The predicted octanol–water partition coefficient (Wildman–Crippen LogP) is 5.57. The van der Waals surface area contributed by atoms with Crippen molar-refractivity contribution in [2.24, 2.45) is 0 Å². The fourth-order valence-electron chi connectivity index (χ4n) is 1.62. The molecule has 2 aromatic carbocycles. The molecule has 0 aliphatic carbocycles. The molecule has 20 heavy (non-hydrogen) atoms. The summed E-state index contributed by atoms with van der Waals surface area (Å²) >= 11 is 9.42. The first-order chi connectivity index (χ1) is 9.38. The summed E-state index contributed by atoms with van der Waals surface area (Å²) in [6.45, 7) is 0.215. The van der Waals surface area contributed by atoms with Gasteiger partial charge in [-0.1, -0.05) is 15.9 Å². The van der Waals surface area contributed by atoms with Crippen LogP contribution in [0.4, 0.5) is 14.5 Å². The molecule has 0 heterocycles. The van der Waals surface area contributed by atoms with Crippen molar-refractivity contribution in [1.29, 1.82) is 0 Å². The highest BCUT2D eigenvalue weighted by molar-refractivity contribution is 9.11. The Kier molecular flexibility index (Phi) is 5.04. The lowest BCUT2D eigenvalue weighted by Crippen LogP contribution is -2.04. The number of nitrogens with one attached hydrogen (secondary N) is 1. The lowest BCUT2D eigenvalue weighted by Gasteiger charge is -2.11. The first kappa shape index (κ1) is 15.7. The van der Waals surface area contributed by atoms with Gasteiger partial charge < -0.3 is 10.4 Å². The van der Waals surface area contributed by atoms with Crippen LogP contribution in [0.15, 0.2) is 37.7 Å². The third-order valence-corrected chi connectivity index (χ3v) is 4.22. The van der Waals surface area contributed by atoms with E-state index in [0.717, 1.165) is 5.56 Å². The van der Waals surface area contributed by atoms with E-state index in [1.165, 1.54) is 12.1 Å². The molecule has 0 aliphatic heterocycles. The molecular formula is C13H8Br3F2NO. The van der Waals surface area contributed by atoms with E-state index in [-0.39, 0.29) is 18.0 Å². The molecule has 0 amide bonds. The van der Waals surface area contributed by atoms with Gasteiger partial charge >= 0.3 is 0 Å². The summed E-state index contributed by atoms with van der Waals surface area (Å²) in [6, 6.07) is 5.71. The first-order valence-electron chi connectivity index (χ1n) is 5.44. The molecule has 0 spiro atoms. The summed E-state index contributed by atoms with van der Waals surface area (Å²) in [6.07, 6.45) is 0. The topological polar surface area (TPSA) is 32.3 Å². The summed E-state index contributed by atoms with van der Waals surface area (Å²) < 4.78 is 28.6. The lowest BCUT2D eigenvalue weighted by molar-refractivity contribution is 0.468. The van der Waals surface area contributed by atoms with Gasteiger partial charge in [-0.25, -0.2) is 8.78 Å². The highest BCUT2D eigenvalue weighted by Gasteiger charge is 2.11. The molecule has 0 radical (unpaired) electrons. The van der Waals surface area contributed by atoms with Crippen molar-refractivity contribution in [3.05, 3.63) is 54.9 Å². The van der Waals surface area contributed by atoms with E-state index in [0.29, 0.717) is 13.4 Å². The van der Waals surface area contributed by atoms with Crippen molar-refractivity contribution in [2.45, 2.75) is 6.54 Å². The quantitative estimate of drug-likeness (QED) is 0.613. The number of hydrogen-bond acceptors (Lipinski definition) is 2. The van der Waals surface area contributed by atoms with Crippen LogP contribution < -0.4 is 5.32 Å². The number of phenols is 1. The van der Waals surface area contributed by atoms with E-state index in [9.17, 15) is 13.9 Å². The number of halogens is 5. The third-order valence-electron chi connectivity index (χ3n) is 2.55. The summed E-state index contributed by atoms with van der Waals surface area (Å²) in [7, 11) is 0. The van der Waals surface area contributed by atoms with Crippen molar-refractivity contribution in [3.8, 4) is 5.75 Å². The van der Waals surface area contributed by atoms with Crippen LogP contribution in [0.3, 0.4) is 0 Å². The second-order valence-electron chi connectivity index (χ2n) is 4.01. The van der Waals surface area contributed by atoms with Crippen LogP contribution in [0.25, 0.3) is 0 Å². The van der Waals surface area contributed by atoms with E-state index in [4.69, 9.17) is 0 Å². The van der Waals surface area contributed by atoms with Gasteiger partial charge in [-0.3, -0.25) is 0 Å². The minimum absolute atomic E-state index is 0.0785. The summed E-state index contributed by atoms with van der Waals surface area (Å²) in [5, 5.41) is 12.3. The Morgan fingerprint density at radius 3 is 1.95 bits per heavy atom. The average molecular weight is 472 g/mol. The van der Waals surface area contributed by atoms with Crippen LogP contribution in [0.1, 0.15) is 5.56 Å². The van der Waals surface area contributed by atoms with Gasteiger partial charge in [-0.05, 0) is 61.7 Å². The molecule has 2 nitrogen and oxygen atoms in total. The predicted molar refractivity (Wildman–Crippen MR) is 84.9 cm³/mol. The minimum Gasteiger partial charge on any atom is -0.506 e. The first-order valence-corrected chi connectivity index (χ1v) is 7.81. The van der Waals surface area contributed by atoms with E-state index < -0.39 is 11.6 Å². The molecule has 0 atom stereocenters. The van der Waals surface area contributed by atoms with Gasteiger partial charge in [0.25, 0.3) is 0 Å². The molecule has 2 N–H and O–H groups in total. The Morgan fingerprint density at radius 2 is 1.45 bits per heavy atom.